The molecule has 0 bridgehead atoms. The number of amides is 2. The van der Waals surface area contributed by atoms with E-state index in [2.05, 4.69) is 5.32 Å². The van der Waals surface area contributed by atoms with Crippen molar-refractivity contribution in [3.8, 4) is 0 Å². The molecular weight excluding hydrogens is 503 g/mol. The van der Waals surface area contributed by atoms with Gasteiger partial charge in [-0.1, -0.05) is 92.8 Å². The van der Waals surface area contributed by atoms with E-state index in [9.17, 15) is 19.0 Å². The standard InChI is InChI=1S/C29H41N2O6P/c1-29(2,3)37-28(33)31(20-24-15-9-5-10-16-24)22-38(34,35)26(19-23-13-7-4-8-14-23)30-27(32)36-21-25-17-11-6-12-18-25/h5-6,9-12,15-18,23,26H,4,7-8,13-14,19-22H2,1-3H3,(H,30,32)(H,34,35). The first kappa shape index (κ1) is 29.7. The van der Waals surface area contributed by atoms with Crippen molar-refractivity contribution in [1.82, 2.24) is 10.2 Å². The third-order valence-electron chi connectivity index (χ3n) is 6.51. The Balaban J connectivity index is 1.77. The van der Waals surface area contributed by atoms with Crippen LogP contribution >= 0.6 is 7.37 Å². The summed E-state index contributed by atoms with van der Waals surface area (Å²) in [4.78, 5) is 38.5. The Hall–Kier alpha value is -2.83. The second kappa shape index (κ2) is 13.8. The molecule has 0 spiro atoms. The summed E-state index contributed by atoms with van der Waals surface area (Å²) in [7, 11) is -4.12. The SMILES string of the molecule is CC(C)(C)OC(=O)N(Cc1ccccc1)CP(=O)(O)C(CC1CCCCC1)NC(=O)OCc1ccccc1. The van der Waals surface area contributed by atoms with E-state index in [1.807, 2.05) is 60.7 Å². The molecule has 0 aromatic heterocycles. The van der Waals surface area contributed by atoms with Crippen LogP contribution in [0.5, 0.6) is 0 Å². The molecule has 1 aliphatic rings. The van der Waals surface area contributed by atoms with Gasteiger partial charge < -0.3 is 19.7 Å². The molecule has 2 N–H and O–H groups in total. The minimum absolute atomic E-state index is 0.0522. The highest BCUT2D eigenvalue weighted by Crippen LogP contribution is 2.49. The van der Waals surface area contributed by atoms with Crippen molar-refractivity contribution in [3.05, 3.63) is 71.8 Å². The van der Waals surface area contributed by atoms with Crippen LogP contribution in [0.3, 0.4) is 0 Å². The Morgan fingerprint density at radius 2 is 1.58 bits per heavy atom. The first-order chi connectivity index (χ1) is 18.0. The summed E-state index contributed by atoms with van der Waals surface area (Å²) in [6.07, 6.45) is 3.61. The number of hydrogen-bond donors (Lipinski definition) is 2. The molecule has 2 aromatic rings. The third-order valence-corrected chi connectivity index (χ3v) is 8.57. The Labute approximate surface area is 226 Å². The van der Waals surface area contributed by atoms with Crippen LogP contribution in [0.4, 0.5) is 9.59 Å². The molecule has 0 heterocycles. The third kappa shape index (κ3) is 10.1. The maximum atomic E-state index is 13.9. The molecule has 9 heteroatoms. The largest absolute Gasteiger partial charge is 0.445 e. The quantitative estimate of drug-likeness (QED) is 0.316. The molecule has 2 unspecified atom stereocenters. The summed E-state index contributed by atoms with van der Waals surface area (Å²) in [5, 5.41) is 2.68. The fraction of sp³-hybridized carbons (Fsp3) is 0.517. The van der Waals surface area contributed by atoms with Crippen molar-refractivity contribution in [1.29, 1.82) is 0 Å². The fourth-order valence-electron chi connectivity index (χ4n) is 4.61. The first-order valence-electron chi connectivity index (χ1n) is 13.3. The van der Waals surface area contributed by atoms with Crippen LogP contribution in [-0.2, 0) is 27.2 Å². The van der Waals surface area contributed by atoms with Gasteiger partial charge in [-0.2, -0.15) is 0 Å². The van der Waals surface area contributed by atoms with E-state index in [-0.39, 0.29) is 19.1 Å². The number of carbonyl (C=O) groups excluding carboxylic acids is 2. The molecule has 1 aliphatic carbocycles. The number of benzene rings is 2. The molecule has 38 heavy (non-hydrogen) atoms. The highest BCUT2D eigenvalue weighted by Gasteiger charge is 2.38. The Morgan fingerprint density at radius 3 is 2.16 bits per heavy atom. The highest BCUT2D eigenvalue weighted by atomic mass is 31.2. The van der Waals surface area contributed by atoms with Crippen molar-refractivity contribution >= 4 is 19.6 Å². The molecule has 0 aliphatic heterocycles. The van der Waals surface area contributed by atoms with Gasteiger partial charge in [0.05, 0.1) is 0 Å². The lowest BCUT2D eigenvalue weighted by Gasteiger charge is -2.33. The molecule has 1 fully saturated rings. The molecule has 0 saturated heterocycles. The fourth-order valence-corrected chi connectivity index (χ4v) is 6.45. The van der Waals surface area contributed by atoms with Crippen molar-refractivity contribution in [2.24, 2.45) is 5.92 Å². The second-order valence-corrected chi connectivity index (χ2v) is 13.4. The molecule has 3 rings (SSSR count). The van der Waals surface area contributed by atoms with Gasteiger partial charge in [0.25, 0.3) is 0 Å². The van der Waals surface area contributed by atoms with Gasteiger partial charge in [-0.15, -0.1) is 0 Å². The van der Waals surface area contributed by atoms with Crippen LogP contribution in [0.2, 0.25) is 0 Å². The van der Waals surface area contributed by atoms with Crippen LogP contribution in [-0.4, -0.2) is 39.6 Å². The predicted octanol–water partition coefficient (Wildman–Crippen LogP) is 6.87. The molecule has 8 nitrogen and oxygen atoms in total. The highest BCUT2D eigenvalue weighted by molar-refractivity contribution is 7.58. The van der Waals surface area contributed by atoms with Crippen LogP contribution < -0.4 is 5.32 Å². The van der Waals surface area contributed by atoms with Crippen molar-refractivity contribution in [2.45, 2.75) is 83.8 Å². The molecule has 0 radical (unpaired) electrons. The smallest absolute Gasteiger partial charge is 0.411 e. The molecule has 2 amide bonds. The molecular formula is C29H41N2O6P. The lowest BCUT2D eigenvalue weighted by Crippen LogP contribution is -2.42. The lowest BCUT2D eigenvalue weighted by molar-refractivity contribution is 0.0262. The predicted molar refractivity (Wildman–Crippen MR) is 148 cm³/mol. The minimum atomic E-state index is -4.12. The van der Waals surface area contributed by atoms with Gasteiger partial charge in [0.2, 0.25) is 7.37 Å². The van der Waals surface area contributed by atoms with E-state index in [1.165, 1.54) is 4.90 Å². The normalized spacial score (nSPS) is 16.6. The van der Waals surface area contributed by atoms with Crippen LogP contribution in [0.15, 0.2) is 60.7 Å². The van der Waals surface area contributed by atoms with Gasteiger partial charge >= 0.3 is 12.2 Å². The maximum absolute atomic E-state index is 13.9. The van der Waals surface area contributed by atoms with E-state index in [0.29, 0.717) is 6.42 Å². The second-order valence-electron chi connectivity index (χ2n) is 11.0. The molecule has 2 aromatic carbocycles. The minimum Gasteiger partial charge on any atom is -0.445 e. The number of rotatable bonds is 10. The summed E-state index contributed by atoms with van der Waals surface area (Å²) in [5.41, 5.74) is 0.849. The Morgan fingerprint density at radius 1 is 1.00 bits per heavy atom. The average molecular weight is 545 g/mol. The maximum Gasteiger partial charge on any atom is 0.411 e. The van der Waals surface area contributed by atoms with Crippen molar-refractivity contribution in [2.75, 3.05) is 6.29 Å². The number of hydrogen-bond acceptors (Lipinski definition) is 5. The number of carbonyl (C=O) groups is 2. The molecule has 1 saturated carbocycles. The Bertz CT molecular complexity index is 1070. The average Bonchev–Trinajstić information content (AvgIpc) is 2.87. The van der Waals surface area contributed by atoms with Crippen molar-refractivity contribution in [3.63, 3.8) is 0 Å². The zero-order chi connectivity index (χ0) is 27.6. The van der Waals surface area contributed by atoms with Gasteiger partial charge in [-0.05, 0) is 44.2 Å². The summed E-state index contributed by atoms with van der Waals surface area (Å²) in [6, 6.07) is 18.5. The molecule has 208 valence electrons. The lowest BCUT2D eigenvalue weighted by atomic mass is 9.87. The summed E-state index contributed by atoms with van der Waals surface area (Å²) in [6.45, 7) is 5.41. The van der Waals surface area contributed by atoms with Gasteiger partial charge in [-0.25, -0.2) is 9.59 Å². The van der Waals surface area contributed by atoms with Crippen LogP contribution in [0.1, 0.15) is 70.4 Å². The zero-order valence-corrected chi connectivity index (χ0v) is 23.6. The van der Waals surface area contributed by atoms with Gasteiger partial charge in [0.15, 0.2) is 0 Å². The van der Waals surface area contributed by atoms with E-state index >= 15 is 0 Å². The van der Waals surface area contributed by atoms with Gasteiger partial charge in [0.1, 0.15) is 24.3 Å². The monoisotopic (exact) mass is 544 g/mol. The summed E-state index contributed by atoms with van der Waals surface area (Å²) < 4.78 is 24.8. The van der Waals surface area contributed by atoms with E-state index in [0.717, 1.165) is 43.2 Å². The number of nitrogens with one attached hydrogen (secondary N) is 1. The number of nitrogens with zero attached hydrogens (tertiary/aromatic N) is 1. The summed E-state index contributed by atoms with van der Waals surface area (Å²) >= 11 is 0. The van der Waals surface area contributed by atoms with Gasteiger partial charge in [0, 0.05) is 6.54 Å². The van der Waals surface area contributed by atoms with E-state index in [1.54, 1.807) is 20.8 Å². The van der Waals surface area contributed by atoms with Gasteiger partial charge in [-0.3, -0.25) is 9.46 Å². The number of ether oxygens (including phenoxy) is 2. The van der Waals surface area contributed by atoms with Crippen molar-refractivity contribution < 1.29 is 28.5 Å². The topological polar surface area (TPSA) is 105 Å². The van der Waals surface area contributed by atoms with Crippen LogP contribution in [0, 0.1) is 5.92 Å². The van der Waals surface area contributed by atoms with E-state index in [4.69, 9.17) is 9.47 Å². The zero-order valence-electron chi connectivity index (χ0n) is 22.7. The molecule has 2 atom stereocenters. The van der Waals surface area contributed by atoms with E-state index < -0.39 is 37.2 Å². The van der Waals surface area contributed by atoms with Crippen LogP contribution in [0.25, 0.3) is 0 Å². The Kier molecular flexibility index (Phi) is 10.8. The number of alkyl carbamates (subject to hydrolysis) is 1. The summed E-state index contributed by atoms with van der Waals surface area (Å²) in [5.74, 6) is -0.831. The first-order valence-corrected chi connectivity index (χ1v) is 15.2.